The molecule has 0 bridgehead atoms. The van der Waals surface area contributed by atoms with Crippen LogP contribution in [-0.2, 0) is 18.9 Å². The number of nitrogens with zero attached hydrogens (tertiary/aromatic N) is 1. The van der Waals surface area contributed by atoms with Crippen molar-refractivity contribution in [2.24, 2.45) is 5.92 Å². The van der Waals surface area contributed by atoms with E-state index >= 15 is 0 Å². The zero-order chi connectivity index (χ0) is 16.2. The van der Waals surface area contributed by atoms with E-state index in [0.29, 0.717) is 36.4 Å². The molecule has 0 N–H and O–H groups in total. The highest BCUT2D eigenvalue weighted by atomic mass is 16.5. The number of hydrogen-bond donors (Lipinski definition) is 0. The van der Waals surface area contributed by atoms with Crippen LogP contribution >= 0.6 is 0 Å². The third kappa shape index (κ3) is 5.40. The number of ether oxygens (including phenoxy) is 4. The topological polar surface area (TPSA) is 40.2 Å². The van der Waals surface area contributed by atoms with Crippen molar-refractivity contribution in [1.29, 1.82) is 0 Å². The Bertz CT molecular complexity index is 347. The number of likely N-dealkylation sites (tertiary alicyclic amines) is 1. The monoisotopic (exact) mass is 327 g/mol. The summed E-state index contributed by atoms with van der Waals surface area (Å²) in [4.78, 5) is 2.27. The fourth-order valence-electron chi connectivity index (χ4n) is 3.55. The van der Waals surface area contributed by atoms with E-state index in [2.05, 4.69) is 25.8 Å². The SMILES string of the molecule is CC(C)OC1CC(OCC2CC(OCCOC3CN(C)C3)C2)C1. The number of likely N-dealkylation sites (N-methyl/N-ethyl adjacent to an activating group) is 1. The summed E-state index contributed by atoms with van der Waals surface area (Å²) in [5.74, 6) is 0.686. The van der Waals surface area contributed by atoms with Gasteiger partial charge in [0.2, 0.25) is 0 Å². The summed E-state index contributed by atoms with van der Waals surface area (Å²) in [6, 6.07) is 0. The number of hydrogen-bond acceptors (Lipinski definition) is 5. The van der Waals surface area contributed by atoms with Crippen LogP contribution in [0.25, 0.3) is 0 Å². The van der Waals surface area contributed by atoms with Crippen LogP contribution in [0.3, 0.4) is 0 Å². The van der Waals surface area contributed by atoms with Crippen LogP contribution in [0.15, 0.2) is 0 Å². The van der Waals surface area contributed by atoms with Gasteiger partial charge in [0.1, 0.15) is 0 Å². The molecule has 3 aliphatic rings. The van der Waals surface area contributed by atoms with Crippen molar-refractivity contribution in [2.45, 2.75) is 70.1 Å². The van der Waals surface area contributed by atoms with Gasteiger partial charge in [-0.15, -0.1) is 0 Å². The molecule has 0 radical (unpaired) electrons. The molecule has 3 rings (SSSR count). The van der Waals surface area contributed by atoms with E-state index in [9.17, 15) is 0 Å². The van der Waals surface area contributed by atoms with Crippen molar-refractivity contribution < 1.29 is 18.9 Å². The van der Waals surface area contributed by atoms with Crippen LogP contribution < -0.4 is 0 Å². The third-order valence-corrected chi connectivity index (χ3v) is 5.10. The molecule has 5 nitrogen and oxygen atoms in total. The molecule has 5 heteroatoms. The molecule has 0 atom stereocenters. The van der Waals surface area contributed by atoms with Gasteiger partial charge in [-0.1, -0.05) is 0 Å². The molecule has 1 heterocycles. The van der Waals surface area contributed by atoms with Gasteiger partial charge in [0.15, 0.2) is 0 Å². The molecule has 3 fully saturated rings. The summed E-state index contributed by atoms with van der Waals surface area (Å²) < 4.78 is 23.3. The lowest BCUT2D eigenvalue weighted by atomic mass is 9.82. The first-order chi connectivity index (χ1) is 11.1. The highest BCUT2D eigenvalue weighted by Gasteiger charge is 2.35. The Morgan fingerprint density at radius 1 is 0.826 bits per heavy atom. The minimum absolute atomic E-state index is 0.333. The first-order valence-corrected chi connectivity index (χ1v) is 9.27. The van der Waals surface area contributed by atoms with Crippen LogP contribution in [0.5, 0.6) is 0 Å². The van der Waals surface area contributed by atoms with Crippen molar-refractivity contribution in [3.05, 3.63) is 0 Å². The van der Waals surface area contributed by atoms with E-state index in [1.165, 1.54) is 0 Å². The van der Waals surface area contributed by atoms with Crippen LogP contribution in [0.2, 0.25) is 0 Å². The van der Waals surface area contributed by atoms with E-state index in [0.717, 1.165) is 58.6 Å². The molecule has 0 spiro atoms. The molecule has 23 heavy (non-hydrogen) atoms. The van der Waals surface area contributed by atoms with Crippen molar-refractivity contribution >= 4 is 0 Å². The fraction of sp³-hybridized carbons (Fsp3) is 1.00. The average molecular weight is 327 g/mol. The maximum absolute atomic E-state index is 5.97. The molecular formula is C18H33NO4. The second-order valence-corrected chi connectivity index (χ2v) is 7.78. The van der Waals surface area contributed by atoms with Crippen molar-refractivity contribution in [2.75, 3.05) is 40.0 Å². The molecule has 0 amide bonds. The van der Waals surface area contributed by atoms with Gasteiger partial charge in [0, 0.05) is 19.7 Å². The van der Waals surface area contributed by atoms with Crippen LogP contribution in [0.1, 0.15) is 39.5 Å². The van der Waals surface area contributed by atoms with Gasteiger partial charge < -0.3 is 23.8 Å². The molecule has 0 unspecified atom stereocenters. The maximum atomic E-state index is 5.97. The Morgan fingerprint density at radius 2 is 1.43 bits per heavy atom. The van der Waals surface area contributed by atoms with E-state index in [1.54, 1.807) is 0 Å². The Kier molecular flexibility index (Phi) is 6.32. The number of rotatable bonds is 10. The second-order valence-electron chi connectivity index (χ2n) is 7.78. The molecule has 0 aromatic carbocycles. The third-order valence-electron chi connectivity index (χ3n) is 5.10. The average Bonchev–Trinajstić information content (AvgIpc) is 2.37. The quantitative estimate of drug-likeness (QED) is 0.575. The van der Waals surface area contributed by atoms with Gasteiger partial charge in [0.05, 0.1) is 43.7 Å². The molecule has 1 aliphatic heterocycles. The van der Waals surface area contributed by atoms with Gasteiger partial charge >= 0.3 is 0 Å². The zero-order valence-corrected chi connectivity index (χ0v) is 14.9. The summed E-state index contributed by atoms with van der Waals surface area (Å²) in [6.45, 7) is 8.67. The largest absolute Gasteiger partial charge is 0.378 e. The van der Waals surface area contributed by atoms with E-state index in [1.807, 2.05) is 0 Å². The second kappa shape index (κ2) is 8.26. The lowest BCUT2D eigenvalue weighted by Gasteiger charge is -2.40. The Balaban J connectivity index is 1.11. The summed E-state index contributed by atoms with van der Waals surface area (Å²) in [5, 5.41) is 0. The predicted molar refractivity (Wildman–Crippen MR) is 88.7 cm³/mol. The van der Waals surface area contributed by atoms with Crippen LogP contribution in [0, 0.1) is 5.92 Å². The molecule has 0 aromatic heterocycles. The summed E-state index contributed by atoms with van der Waals surface area (Å²) >= 11 is 0. The lowest BCUT2D eigenvalue weighted by molar-refractivity contribution is -0.139. The molecule has 2 aliphatic carbocycles. The summed E-state index contributed by atoms with van der Waals surface area (Å²) in [6.07, 6.45) is 6.46. The van der Waals surface area contributed by atoms with E-state index < -0.39 is 0 Å². The van der Waals surface area contributed by atoms with Crippen molar-refractivity contribution in [3.8, 4) is 0 Å². The zero-order valence-electron chi connectivity index (χ0n) is 14.9. The maximum Gasteiger partial charge on any atom is 0.0829 e. The summed E-state index contributed by atoms with van der Waals surface area (Å²) in [7, 11) is 2.12. The first kappa shape index (κ1) is 17.6. The highest BCUT2D eigenvalue weighted by Crippen LogP contribution is 2.33. The predicted octanol–water partition coefficient (Wildman–Crippen LogP) is 2.08. The van der Waals surface area contributed by atoms with E-state index in [4.69, 9.17) is 18.9 Å². The fourth-order valence-corrected chi connectivity index (χ4v) is 3.55. The Hall–Kier alpha value is -0.200. The van der Waals surface area contributed by atoms with Crippen molar-refractivity contribution in [1.82, 2.24) is 4.90 Å². The Labute approximate surface area is 140 Å². The van der Waals surface area contributed by atoms with Crippen LogP contribution in [0.4, 0.5) is 0 Å². The molecule has 1 saturated heterocycles. The molecule has 0 aromatic rings. The van der Waals surface area contributed by atoms with Gasteiger partial charge in [-0.3, -0.25) is 0 Å². The van der Waals surface area contributed by atoms with E-state index in [-0.39, 0.29) is 0 Å². The standard InChI is InChI=1S/C18H33NO4/c1-13(2)23-17-8-16(9-17)22-12-14-6-15(7-14)20-4-5-21-18-10-19(3)11-18/h13-18H,4-12H2,1-3H3. The van der Waals surface area contributed by atoms with Crippen LogP contribution in [-0.4, -0.2) is 75.4 Å². The molecular weight excluding hydrogens is 294 g/mol. The Morgan fingerprint density at radius 3 is 2.04 bits per heavy atom. The van der Waals surface area contributed by atoms with Gasteiger partial charge in [-0.2, -0.15) is 0 Å². The minimum atomic E-state index is 0.333. The first-order valence-electron chi connectivity index (χ1n) is 9.27. The van der Waals surface area contributed by atoms with Gasteiger partial charge in [0.25, 0.3) is 0 Å². The summed E-state index contributed by atoms with van der Waals surface area (Å²) in [5.41, 5.74) is 0. The normalized spacial score (nSPS) is 35.0. The lowest BCUT2D eigenvalue weighted by Crippen LogP contribution is -2.50. The van der Waals surface area contributed by atoms with Gasteiger partial charge in [-0.25, -0.2) is 0 Å². The highest BCUT2D eigenvalue weighted by molar-refractivity contribution is 4.84. The van der Waals surface area contributed by atoms with Gasteiger partial charge in [-0.05, 0) is 52.5 Å². The molecule has 2 saturated carbocycles. The smallest absolute Gasteiger partial charge is 0.0829 e. The van der Waals surface area contributed by atoms with Crippen molar-refractivity contribution in [3.63, 3.8) is 0 Å². The molecule has 134 valence electrons. The minimum Gasteiger partial charge on any atom is -0.378 e.